The van der Waals surface area contributed by atoms with Crippen molar-refractivity contribution in [2.24, 2.45) is 5.10 Å². The molecule has 0 fully saturated rings. The van der Waals surface area contributed by atoms with Crippen LogP contribution in [-0.2, 0) is 6.61 Å². The number of hydrogen-bond donors (Lipinski definition) is 2. The molecule has 2 aromatic rings. The number of aryl methyl sites for hydroxylation is 1. The Morgan fingerprint density at radius 2 is 2.12 bits per heavy atom. The first kappa shape index (κ1) is 20.0. The standard InChI is InChI=1S/C19H22ClN3O2S/c1-4-21-19(26)23-22-11-15-9-16(20)18(17(10-15)24-3)25-12-14-7-5-6-13(2)8-14/h5-11H,4,12H2,1-3H3,(H2,21,23,26). The van der Waals surface area contributed by atoms with Crippen LogP contribution in [0.25, 0.3) is 0 Å². The average molecular weight is 392 g/mol. The maximum atomic E-state index is 6.38. The minimum absolute atomic E-state index is 0.406. The first-order valence-corrected chi connectivity index (χ1v) is 8.95. The Morgan fingerprint density at radius 1 is 1.31 bits per heavy atom. The van der Waals surface area contributed by atoms with E-state index in [0.717, 1.165) is 17.7 Å². The minimum atomic E-state index is 0.406. The number of hydrazone groups is 1. The van der Waals surface area contributed by atoms with Gasteiger partial charge in [0.1, 0.15) is 6.61 Å². The van der Waals surface area contributed by atoms with Gasteiger partial charge in [-0.05, 0) is 49.3 Å². The van der Waals surface area contributed by atoms with Gasteiger partial charge in [-0.1, -0.05) is 41.4 Å². The second kappa shape index (κ2) is 9.99. The zero-order chi connectivity index (χ0) is 18.9. The number of rotatable bonds is 7. The molecule has 26 heavy (non-hydrogen) atoms. The molecule has 0 aliphatic heterocycles. The first-order chi connectivity index (χ1) is 12.5. The minimum Gasteiger partial charge on any atom is -0.493 e. The van der Waals surface area contributed by atoms with E-state index in [4.69, 9.17) is 33.3 Å². The van der Waals surface area contributed by atoms with Crippen molar-refractivity contribution >= 4 is 35.1 Å². The van der Waals surface area contributed by atoms with E-state index in [1.807, 2.05) is 32.0 Å². The fourth-order valence-corrected chi connectivity index (χ4v) is 2.75. The maximum absolute atomic E-state index is 6.38. The summed E-state index contributed by atoms with van der Waals surface area (Å²) in [4.78, 5) is 0. The Hall–Kier alpha value is -2.31. The summed E-state index contributed by atoms with van der Waals surface area (Å²) in [6.45, 7) is 5.14. The lowest BCUT2D eigenvalue weighted by molar-refractivity contribution is 0.284. The van der Waals surface area contributed by atoms with Gasteiger partial charge in [-0.2, -0.15) is 5.10 Å². The SMILES string of the molecule is CCNC(=S)NN=Cc1cc(Cl)c(OCc2cccc(C)c2)c(OC)c1. The smallest absolute Gasteiger partial charge is 0.186 e. The summed E-state index contributed by atoms with van der Waals surface area (Å²) in [5, 5.41) is 7.93. The van der Waals surface area contributed by atoms with Crippen molar-refractivity contribution in [2.45, 2.75) is 20.5 Å². The van der Waals surface area contributed by atoms with E-state index in [2.05, 4.69) is 21.9 Å². The second-order valence-corrected chi connectivity index (χ2v) is 6.36. The average Bonchev–Trinajstić information content (AvgIpc) is 2.60. The molecule has 5 nitrogen and oxygen atoms in total. The van der Waals surface area contributed by atoms with Crippen LogP contribution in [0.5, 0.6) is 11.5 Å². The molecule has 7 heteroatoms. The maximum Gasteiger partial charge on any atom is 0.186 e. The third-order valence-corrected chi connectivity index (χ3v) is 3.95. The van der Waals surface area contributed by atoms with E-state index in [1.165, 1.54) is 5.56 Å². The van der Waals surface area contributed by atoms with Gasteiger partial charge < -0.3 is 14.8 Å². The molecule has 2 aromatic carbocycles. The summed E-state index contributed by atoms with van der Waals surface area (Å²) in [5.41, 5.74) is 5.74. The topological polar surface area (TPSA) is 54.9 Å². The Balaban J connectivity index is 2.10. The molecule has 0 heterocycles. The molecule has 0 unspecified atom stereocenters. The van der Waals surface area contributed by atoms with Gasteiger partial charge in [-0.25, -0.2) is 0 Å². The lowest BCUT2D eigenvalue weighted by Gasteiger charge is -2.13. The van der Waals surface area contributed by atoms with Crippen molar-refractivity contribution in [2.75, 3.05) is 13.7 Å². The Labute approximate surface area is 164 Å². The monoisotopic (exact) mass is 391 g/mol. The number of thiocarbonyl (C=S) groups is 1. The summed E-state index contributed by atoms with van der Waals surface area (Å²) < 4.78 is 11.3. The molecule has 0 bridgehead atoms. The molecule has 0 amide bonds. The number of nitrogens with zero attached hydrogens (tertiary/aromatic N) is 1. The lowest BCUT2D eigenvalue weighted by atomic mass is 10.1. The fraction of sp³-hybridized carbons (Fsp3) is 0.263. The van der Waals surface area contributed by atoms with E-state index in [9.17, 15) is 0 Å². The van der Waals surface area contributed by atoms with Crippen molar-refractivity contribution in [1.82, 2.24) is 10.7 Å². The van der Waals surface area contributed by atoms with Crippen LogP contribution in [0.15, 0.2) is 41.5 Å². The van der Waals surface area contributed by atoms with Crippen LogP contribution in [-0.4, -0.2) is 25.0 Å². The third kappa shape index (κ3) is 5.89. The third-order valence-electron chi connectivity index (χ3n) is 3.43. The van der Waals surface area contributed by atoms with Crippen LogP contribution in [0.4, 0.5) is 0 Å². The van der Waals surface area contributed by atoms with E-state index < -0.39 is 0 Å². The Bertz CT molecular complexity index is 796. The normalized spacial score (nSPS) is 10.6. The van der Waals surface area contributed by atoms with Gasteiger partial charge in [0.15, 0.2) is 16.6 Å². The van der Waals surface area contributed by atoms with Crippen molar-refractivity contribution in [3.8, 4) is 11.5 Å². The van der Waals surface area contributed by atoms with E-state index >= 15 is 0 Å². The van der Waals surface area contributed by atoms with E-state index in [1.54, 1.807) is 25.5 Å². The molecule has 2 N–H and O–H groups in total. The molecule has 0 radical (unpaired) electrons. The van der Waals surface area contributed by atoms with Crippen molar-refractivity contribution in [1.29, 1.82) is 0 Å². The van der Waals surface area contributed by atoms with Crippen molar-refractivity contribution in [3.05, 3.63) is 58.1 Å². The van der Waals surface area contributed by atoms with Crippen molar-refractivity contribution < 1.29 is 9.47 Å². The van der Waals surface area contributed by atoms with E-state index in [0.29, 0.717) is 28.2 Å². The van der Waals surface area contributed by atoms with Crippen LogP contribution in [0.1, 0.15) is 23.6 Å². The molecular weight excluding hydrogens is 370 g/mol. The van der Waals surface area contributed by atoms with Crippen LogP contribution < -0.4 is 20.2 Å². The second-order valence-electron chi connectivity index (χ2n) is 5.54. The predicted octanol–water partition coefficient (Wildman–Crippen LogP) is 4.05. The van der Waals surface area contributed by atoms with Gasteiger partial charge in [-0.15, -0.1) is 0 Å². The molecule has 0 saturated heterocycles. The quantitative estimate of drug-likeness (QED) is 0.423. The van der Waals surface area contributed by atoms with Crippen LogP contribution in [0.3, 0.4) is 0 Å². The van der Waals surface area contributed by atoms with Gasteiger partial charge >= 0.3 is 0 Å². The molecule has 138 valence electrons. The van der Waals surface area contributed by atoms with Crippen LogP contribution in [0, 0.1) is 6.92 Å². The predicted molar refractivity (Wildman–Crippen MR) is 111 cm³/mol. The van der Waals surface area contributed by atoms with Crippen molar-refractivity contribution in [3.63, 3.8) is 0 Å². The zero-order valence-electron chi connectivity index (χ0n) is 15.0. The highest BCUT2D eigenvalue weighted by molar-refractivity contribution is 7.80. The number of hydrogen-bond acceptors (Lipinski definition) is 4. The van der Waals surface area contributed by atoms with E-state index in [-0.39, 0.29) is 0 Å². The summed E-state index contributed by atoms with van der Waals surface area (Å²) in [6, 6.07) is 11.7. The fourth-order valence-electron chi connectivity index (χ4n) is 2.28. The van der Waals surface area contributed by atoms with Gasteiger partial charge in [0.2, 0.25) is 0 Å². The lowest BCUT2D eigenvalue weighted by Crippen LogP contribution is -2.31. The number of halogens is 1. The van der Waals surface area contributed by atoms with Gasteiger partial charge in [0.05, 0.1) is 18.3 Å². The molecular formula is C19H22ClN3O2S. The number of benzene rings is 2. The molecule has 2 rings (SSSR count). The molecule has 0 spiro atoms. The summed E-state index contributed by atoms with van der Waals surface area (Å²) in [7, 11) is 1.57. The van der Waals surface area contributed by atoms with Gasteiger partial charge in [0, 0.05) is 6.54 Å². The number of nitrogens with one attached hydrogen (secondary N) is 2. The van der Waals surface area contributed by atoms with Gasteiger partial charge in [0.25, 0.3) is 0 Å². The number of ether oxygens (including phenoxy) is 2. The highest BCUT2D eigenvalue weighted by atomic mass is 35.5. The molecule has 0 aliphatic carbocycles. The first-order valence-electron chi connectivity index (χ1n) is 8.16. The summed E-state index contributed by atoms with van der Waals surface area (Å²) in [5.74, 6) is 1.05. The summed E-state index contributed by atoms with van der Waals surface area (Å²) in [6.07, 6.45) is 1.61. The largest absolute Gasteiger partial charge is 0.493 e. The molecule has 0 aliphatic rings. The zero-order valence-corrected chi connectivity index (χ0v) is 16.6. The Morgan fingerprint density at radius 3 is 2.81 bits per heavy atom. The Kier molecular flexibility index (Phi) is 7.69. The van der Waals surface area contributed by atoms with Gasteiger partial charge in [-0.3, -0.25) is 5.43 Å². The molecule has 0 saturated carbocycles. The molecule has 0 atom stereocenters. The highest BCUT2D eigenvalue weighted by Gasteiger charge is 2.12. The van der Waals surface area contributed by atoms with Crippen LogP contribution in [0.2, 0.25) is 5.02 Å². The highest BCUT2D eigenvalue weighted by Crippen LogP contribution is 2.36. The number of methoxy groups -OCH3 is 1. The van der Waals surface area contributed by atoms with Crippen LogP contribution >= 0.6 is 23.8 Å². The molecule has 0 aromatic heterocycles. The summed E-state index contributed by atoms with van der Waals surface area (Å²) >= 11 is 11.4.